The topological polar surface area (TPSA) is 60.9 Å². The van der Waals surface area contributed by atoms with Crippen LogP contribution in [0.5, 0.6) is 0 Å². The average Bonchev–Trinajstić information content (AvgIpc) is 2.87. The van der Waals surface area contributed by atoms with Gasteiger partial charge in [-0.05, 0) is 31.6 Å². The summed E-state index contributed by atoms with van der Waals surface area (Å²) < 4.78 is 28.5. The molecule has 0 spiro atoms. The molecular weight excluding hydrogens is 278 g/mol. The summed E-state index contributed by atoms with van der Waals surface area (Å²) in [5, 5.41) is 0. The van der Waals surface area contributed by atoms with Crippen molar-refractivity contribution in [1.82, 2.24) is 13.5 Å². The van der Waals surface area contributed by atoms with Crippen molar-refractivity contribution in [2.75, 3.05) is 33.7 Å². The Hall–Kier alpha value is -0.660. The minimum absolute atomic E-state index is 0.115. The quantitative estimate of drug-likeness (QED) is 0.763. The lowest BCUT2D eigenvalue weighted by atomic mass is 10.0. The number of nitrogens with zero attached hydrogens (tertiary/aromatic N) is 3. The highest BCUT2D eigenvalue weighted by Crippen LogP contribution is 2.27. The fraction of sp³-hybridized carbons (Fsp3) is 0.923. The highest BCUT2D eigenvalue weighted by atomic mass is 32.2. The molecule has 0 aromatic carbocycles. The van der Waals surface area contributed by atoms with Crippen LogP contribution in [0.15, 0.2) is 0 Å². The van der Waals surface area contributed by atoms with Gasteiger partial charge in [0.05, 0.1) is 0 Å². The van der Waals surface area contributed by atoms with E-state index in [-0.39, 0.29) is 5.91 Å². The lowest BCUT2D eigenvalue weighted by Crippen LogP contribution is -2.52. The summed E-state index contributed by atoms with van der Waals surface area (Å²) in [4.78, 5) is 13.6. The maximum atomic E-state index is 12.8. The van der Waals surface area contributed by atoms with E-state index < -0.39 is 16.3 Å². The number of carbonyl (C=O) groups excluding carboxylic acids is 1. The van der Waals surface area contributed by atoms with Crippen LogP contribution >= 0.6 is 0 Å². The summed E-state index contributed by atoms with van der Waals surface area (Å²) in [6, 6.07) is -0.521. The number of hydrogen-bond donors (Lipinski definition) is 0. The highest BCUT2D eigenvalue weighted by molar-refractivity contribution is 7.86. The molecule has 6 nitrogen and oxygen atoms in total. The van der Waals surface area contributed by atoms with Gasteiger partial charge < -0.3 is 4.90 Å². The highest BCUT2D eigenvalue weighted by Gasteiger charge is 2.42. The van der Waals surface area contributed by atoms with Crippen LogP contribution in [-0.2, 0) is 15.0 Å². The van der Waals surface area contributed by atoms with Gasteiger partial charge in [0.25, 0.3) is 10.2 Å². The summed E-state index contributed by atoms with van der Waals surface area (Å²) >= 11 is 0. The molecule has 0 N–H and O–H groups in total. The Labute approximate surface area is 121 Å². The molecule has 2 saturated heterocycles. The van der Waals surface area contributed by atoms with Crippen molar-refractivity contribution < 1.29 is 13.2 Å². The third-order valence-corrected chi connectivity index (χ3v) is 6.19. The molecule has 2 heterocycles. The molecule has 2 unspecified atom stereocenters. The number of piperidine rings is 1. The van der Waals surface area contributed by atoms with E-state index in [2.05, 4.69) is 6.92 Å². The van der Waals surface area contributed by atoms with E-state index in [9.17, 15) is 13.2 Å². The van der Waals surface area contributed by atoms with Crippen molar-refractivity contribution in [3.63, 3.8) is 0 Å². The first-order valence-electron chi connectivity index (χ1n) is 7.32. The maximum Gasteiger partial charge on any atom is 0.282 e. The summed E-state index contributed by atoms with van der Waals surface area (Å²) in [6.07, 6.45) is 3.36. The standard InChI is InChI=1S/C13H25N3O3S/c1-11-6-4-8-15(10-11)20(18,19)16-9-5-7-12(16)13(17)14(2)3/h11-12H,4-10H2,1-3H3. The molecule has 2 fully saturated rings. The predicted molar refractivity (Wildman–Crippen MR) is 77.3 cm³/mol. The van der Waals surface area contributed by atoms with Gasteiger partial charge in [-0.25, -0.2) is 0 Å². The number of hydrogen-bond acceptors (Lipinski definition) is 3. The second-order valence-corrected chi connectivity index (χ2v) is 8.00. The second kappa shape index (κ2) is 5.99. The van der Waals surface area contributed by atoms with Gasteiger partial charge in [-0.3, -0.25) is 4.79 Å². The predicted octanol–water partition coefficient (Wildman–Crippen LogP) is 0.516. The molecule has 7 heteroatoms. The summed E-state index contributed by atoms with van der Waals surface area (Å²) in [7, 11) is -0.153. The Morgan fingerprint density at radius 1 is 1.15 bits per heavy atom. The SMILES string of the molecule is CC1CCCN(S(=O)(=O)N2CCCC2C(=O)N(C)C)C1. The molecule has 2 aliphatic rings. The molecule has 0 bridgehead atoms. The van der Waals surface area contributed by atoms with E-state index in [1.54, 1.807) is 18.4 Å². The number of rotatable bonds is 3. The van der Waals surface area contributed by atoms with Crippen molar-refractivity contribution in [2.45, 2.75) is 38.6 Å². The lowest BCUT2D eigenvalue weighted by Gasteiger charge is -2.35. The zero-order valence-corrected chi connectivity index (χ0v) is 13.4. The van der Waals surface area contributed by atoms with Crippen LogP contribution in [0, 0.1) is 5.92 Å². The Balaban J connectivity index is 2.17. The van der Waals surface area contributed by atoms with Gasteiger partial charge in [-0.15, -0.1) is 0 Å². The number of carbonyl (C=O) groups is 1. The molecule has 0 radical (unpaired) electrons. The maximum absolute atomic E-state index is 12.8. The van der Waals surface area contributed by atoms with Gasteiger partial charge in [0, 0.05) is 33.7 Å². The van der Waals surface area contributed by atoms with Crippen LogP contribution in [0.3, 0.4) is 0 Å². The molecule has 0 saturated carbocycles. The molecular formula is C13H25N3O3S. The zero-order valence-electron chi connectivity index (χ0n) is 12.6. The molecule has 0 aliphatic carbocycles. The van der Waals surface area contributed by atoms with Crippen LogP contribution in [-0.4, -0.2) is 67.6 Å². The van der Waals surface area contributed by atoms with Crippen LogP contribution in [0.2, 0.25) is 0 Å². The average molecular weight is 303 g/mol. The molecule has 1 amide bonds. The van der Waals surface area contributed by atoms with Gasteiger partial charge in [0.15, 0.2) is 0 Å². The Bertz CT molecular complexity index is 463. The lowest BCUT2D eigenvalue weighted by molar-refractivity contribution is -0.132. The van der Waals surface area contributed by atoms with E-state index in [1.165, 1.54) is 9.21 Å². The molecule has 0 aromatic rings. The first-order chi connectivity index (χ1) is 9.34. The largest absolute Gasteiger partial charge is 0.347 e. The van der Waals surface area contributed by atoms with Crippen LogP contribution in [0.4, 0.5) is 0 Å². The number of amides is 1. The van der Waals surface area contributed by atoms with Gasteiger partial charge in [0.1, 0.15) is 6.04 Å². The second-order valence-electron chi connectivity index (χ2n) is 6.11. The van der Waals surface area contributed by atoms with Crippen LogP contribution in [0.25, 0.3) is 0 Å². The molecule has 2 rings (SSSR count). The molecule has 116 valence electrons. The van der Waals surface area contributed by atoms with Crippen LogP contribution < -0.4 is 0 Å². The Morgan fingerprint density at radius 3 is 2.40 bits per heavy atom. The van der Waals surface area contributed by atoms with Crippen LogP contribution in [0.1, 0.15) is 32.6 Å². The van der Waals surface area contributed by atoms with E-state index in [0.717, 1.165) is 19.3 Å². The smallest absolute Gasteiger partial charge is 0.282 e. The molecule has 20 heavy (non-hydrogen) atoms. The van der Waals surface area contributed by atoms with E-state index in [4.69, 9.17) is 0 Å². The molecule has 2 aliphatic heterocycles. The van der Waals surface area contributed by atoms with Crippen molar-refractivity contribution in [2.24, 2.45) is 5.92 Å². The fourth-order valence-electron chi connectivity index (χ4n) is 3.07. The summed E-state index contributed by atoms with van der Waals surface area (Å²) in [6.45, 7) is 3.68. The van der Waals surface area contributed by atoms with E-state index in [0.29, 0.717) is 32.0 Å². The normalized spacial score (nSPS) is 29.6. The van der Waals surface area contributed by atoms with Gasteiger partial charge in [-0.1, -0.05) is 6.92 Å². The first kappa shape index (κ1) is 15.7. The Morgan fingerprint density at radius 2 is 1.80 bits per heavy atom. The fourth-order valence-corrected chi connectivity index (χ4v) is 5.04. The van der Waals surface area contributed by atoms with Gasteiger partial charge in [-0.2, -0.15) is 17.0 Å². The monoisotopic (exact) mass is 303 g/mol. The summed E-state index contributed by atoms with van der Waals surface area (Å²) in [5.74, 6) is 0.278. The zero-order chi connectivity index (χ0) is 14.9. The minimum atomic E-state index is -3.50. The van der Waals surface area contributed by atoms with Gasteiger partial charge in [0.2, 0.25) is 5.91 Å². The van der Waals surface area contributed by atoms with Crippen molar-refractivity contribution in [1.29, 1.82) is 0 Å². The van der Waals surface area contributed by atoms with Crippen molar-refractivity contribution >= 4 is 16.1 Å². The molecule has 0 aromatic heterocycles. The number of likely N-dealkylation sites (N-methyl/N-ethyl adjacent to an activating group) is 1. The van der Waals surface area contributed by atoms with Crippen molar-refractivity contribution in [3.05, 3.63) is 0 Å². The van der Waals surface area contributed by atoms with Gasteiger partial charge >= 0.3 is 0 Å². The minimum Gasteiger partial charge on any atom is -0.347 e. The van der Waals surface area contributed by atoms with E-state index in [1.807, 2.05) is 0 Å². The van der Waals surface area contributed by atoms with Crippen molar-refractivity contribution in [3.8, 4) is 0 Å². The third-order valence-electron chi connectivity index (χ3n) is 4.17. The molecule has 2 atom stereocenters. The third kappa shape index (κ3) is 2.99. The van der Waals surface area contributed by atoms with E-state index >= 15 is 0 Å². The first-order valence-corrected chi connectivity index (χ1v) is 8.72. The Kier molecular flexibility index (Phi) is 4.71. The summed E-state index contributed by atoms with van der Waals surface area (Å²) in [5.41, 5.74) is 0.